The van der Waals surface area contributed by atoms with Crippen LogP contribution >= 0.6 is 0 Å². The Bertz CT molecular complexity index is 1990. The van der Waals surface area contributed by atoms with E-state index in [1.165, 1.54) is 103 Å². The Balaban J connectivity index is 4.52. The molecule has 0 spiro atoms. The Kier molecular flexibility index (Phi) is 75.5. The van der Waals surface area contributed by atoms with Crippen molar-refractivity contribution in [3.8, 4) is 0 Å². The molecule has 0 amide bonds. The highest BCUT2D eigenvalue weighted by Crippen LogP contribution is 2.22. The largest absolute Gasteiger partial charge is 0.481 e. The van der Waals surface area contributed by atoms with Crippen molar-refractivity contribution in [2.24, 2.45) is 0 Å². The predicted octanol–water partition coefficient (Wildman–Crippen LogP) is 27.3. The van der Waals surface area contributed by atoms with Gasteiger partial charge in [-0.1, -0.05) is 294 Å². The van der Waals surface area contributed by atoms with Gasteiger partial charge in [0.2, 0.25) is 0 Å². The molecule has 5 atom stereocenters. The fraction of sp³-hybridized carbons (Fsp3) is 0.833. The van der Waals surface area contributed by atoms with Gasteiger partial charge in [0, 0.05) is 57.8 Å². The molecule has 0 saturated heterocycles. The van der Waals surface area contributed by atoms with Crippen molar-refractivity contribution in [2.45, 2.75) is 482 Å². The number of aliphatic hydroxyl groups is 1. The maximum absolute atomic E-state index is 13.0. The minimum atomic E-state index is -0.709. The van der Waals surface area contributed by atoms with Crippen molar-refractivity contribution >= 4 is 29.8 Å². The molecule has 0 aliphatic rings. The minimum Gasteiger partial charge on any atom is -0.481 e. The van der Waals surface area contributed by atoms with Gasteiger partial charge in [-0.15, -0.1) is 0 Å². The summed E-state index contributed by atoms with van der Waals surface area (Å²) in [6.45, 7) is 11.1. The molecule has 0 bridgehead atoms. The molecule has 0 aromatic rings. The molecule has 11 heteroatoms. The Labute approximate surface area is 623 Å². The van der Waals surface area contributed by atoms with Gasteiger partial charge < -0.3 is 29.2 Å². The standard InChI is InChI=1S/C90H162O11/c1-6-11-16-51-66-81(91)67-52-41-31-21-27-37-47-62-77-87(94)99-83(69-54-18-13-8-3)73-58-43-33-23-29-39-49-64-79-89(96)101-85(71-56-20-15-10-5)75-60-45-35-25-30-40-50-65-80-90(97)100-84(70-55-19-14-9-4)74-59-44-34-24-28-38-48-63-78-88(95)98-82(68-53-17-12-7-2)72-57-42-32-22-26-36-46-61-76-86(92)93/h41-45,52,57-60,81-85,91H,6-40,46-51,53-56,61-80H2,1-5H3,(H,92,93)/b52-41-,57-42-,58-43-,59-44-,60-45-. The maximum Gasteiger partial charge on any atom is 0.306 e. The number of rotatable bonds is 79. The number of carbonyl (C=O) groups is 5. The number of unbranched alkanes of at least 4 members (excludes halogenated alkanes) is 40. The Hall–Kier alpha value is -3.99. The number of aliphatic carboxylic acids is 1. The number of carboxylic acid groups (broad SMARTS) is 1. The van der Waals surface area contributed by atoms with Crippen LogP contribution in [0.2, 0.25) is 0 Å². The third kappa shape index (κ3) is 74.1. The second-order valence-electron chi connectivity index (χ2n) is 29.8. The van der Waals surface area contributed by atoms with Gasteiger partial charge >= 0.3 is 29.8 Å². The van der Waals surface area contributed by atoms with E-state index in [9.17, 15) is 29.1 Å². The minimum absolute atomic E-state index is 0.0323. The van der Waals surface area contributed by atoms with Crippen LogP contribution in [0.4, 0.5) is 0 Å². The monoisotopic (exact) mass is 1420 g/mol. The first-order valence-corrected chi connectivity index (χ1v) is 43.4. The van der Waals surface area contributed by atoms with Gasteiger partial charge in [0.15, 0.2) is 0 Å². The van der Waals surface area contributed by atoms with Crippen molar-refractivity contribution in [3.63, 3.8) is 0 Å². The summed E-state index contributed by atoms with van der Waals surface area (Å²) in [6, 6.07) is 0. The lowest BCUT2D eigenvalue weighted by Gasteiger charge is -2.17. The van der Waals surface area contributed by atoms with Crippen LogP contribution in [0.15, 0.2) is 60.8 Å². The van der Waals surface area contributed by atoms with Crippen LogP contribution in [0.5, 0.6) is 0 Å². The molecular weight excluding hydrogens is 1260 g/mol. The third-order valence-electron chi connectivity index (χ3n) is 19.7. The van der Waals surface area contributed by atoms with E-state index in [-0.39, 0.29) is 60.8 Å². The zero-order valence-electron chi connectivity index (χ0n) is 66.7. The third-order valence-corrected chi connectivity index (χ3v) is 19.7. The van der Waals surface area contributed by atoms with E-state index >= 15 is 0 Å². The lowest BCUT2D eigenvalue weighted by Crippen LogP contribution is -2.17. The first-order valence-electron chi connectivity index (χ1n) is 43.4. The Morgan fingerprint density at radius 3 is 0.673 bits per heavy atom. The van der Waals surface area contributed by atoms with Crippen molar-refractivity contribution < 1.29 is 53.1 Å². The van der Waals surface area contributed by atoms with E-state index < -0.39 is 5.97 Å². The fourth-order valence-corrected chi connectivity index (χ4v) is 13.1. The highest BCUT2D eigenvalue weighted by Gasteiger charge is 2.18. The van der Waals surface area contributed by atoms with Crippen molar-refractivity contribution in [1.82, 2.24) is 0 Å². The summed E-state index contributed by atoms with van der Waals surface area (Å²) in [6.07, 6.45) is 87.7. The number of ether oxygens (including phenoxy) is 4. The number of carbonyl (C=O) groups excluding carboxylic acids is 4. The van der Waals surface area contributed by atoms with E-state index in [0.717, 1.165) is 283 Å². The number of esters is 4. The van der Waals surface area contributed by atoms with Gasteiger partial charge in [0.05, 0.1) is 6.10 Å². The molecule has 5 unspecified atom stereocenters. The van der Waals surface area contributed by atoms with E-state index in [4.69, 9.17) is 24.1 Å². The molecule has 11 nitrogen and oxygen atoms in total. The number of allylic oxidation sites excluding steroid dienone is 5. The fourth-order valence-electron chi connectivity index (χ4n) is 13.1. The van der Waals surface area contributed by atoms with Crippen LogP contribution in [0, 0.1) is 0 Å². The number of hydrogen-bond acceptors (Lipinski definition) is 10. The molecule has 0 fully saturated rings. The van der Waals surface area contributed by atoms with Gasteiger partial charge in [-0.3, -0.25) is 24.0 Å². The molecule has 0 aliphatic heterocycles. The maximum atomic E-state index is 13.0. The molecular formula is C90H162O11. The topological polar surface area (TPSA) is 163 Å². The normalized spacial score (nSPS) is 13.5. The molecule has 0 rings (SSSR count). The van der Waals surface area contributed by atoms with Gasteiger partial charge in [-0.25, -0.2) is 0 Å². The average Bonchev–Trinajstić information content (AvgIpc) is 1.90. The lowest BCUT2D eigenvalue weighted by atomic mass is 10.0. The van der Waals surface area contributed by atoms with Gasteiger partial charge in [-0.05, 0) is 161 Å². The highest BCUT2D eigenvalue weighted by molar-refractivity contribution is 5.70. The highest BCUT2D eigenvalue weighted by atomic mass is 16.6. The van der Waals surface area contributed by atoms with Crippen LogP contribution in [-0.2, 0) is 42.9 Å². The Morgan fingerprint density at radius 1 is 0.238 bits per heavy atom. The Morgan fingerprint density at radius 2 is 0.436 bits per heavy atom. The zero-order chi connectivity index (χ0) is 73.6. The summed E-state index contributed by atoms with van der Waals surface area (Å²) in [7, 11) is 0. The smallest absolute Gasteiger partial charge is 0.306 e. The molecule has 0 aromatic carbocycles. The molecule has 0 saturated carbocycles. The summed E-state index contributed by atoms with van der Waals surface area (Å²) < 4.78 is 24.2. The van der Waals surface area contributed by atoms with E-state index in [1.54, 1.807) is 0 Å². The number of aliphatic hydroxyl groups excluding tert-OH is 1. The second kappa shape index (κ2) is 78.6. The van der Waals surface area contributed by atoms with Crippen molar-refractivity contribution in [2.75, 3.05) is 0 Å². The molecule has 0 heterocycles. The average molecular weight is 1420 g/mol. The van der Waals surface area contributed by atoms with Crippen molar-refractivity contribution in [1.29, 1.82) is 0 Å². The molecule has 0 aliphatic carbocycles. The van der Waals surface area contributed by atoms with Gasteiger partial charge in [-0.2, -0.15) is 0 Å². The summed E-state index contributed by atoms with van der Waals surface area (Å²) in [5.74, 6) is -0.930. The summed E-state index contributed by atoms with van der Waals surface area (Å²) in [5.41, 5.74) is 0. The molecule has 101 heavy (non-hydrogen) atoms. The zero-order valence-corrected chi connectivity index (χ0v) is 66.7. The second-order valence-corrected chi connectivity index (χ2v) is 29.8. The quantitative estimate of drug-likeness (QED) is 0.0258. The van der Waals surface area contributed by atoms with Crippen molar-refractivity contribution in [3.05, 3.63) is 60.8 Å². The predicted molar refractivity (Wildman–Crippen MR) is 427 cm³/mol. The van der Waals surface area contributed by atoms with Gasteiger partial charge in [0.1, 0.15) is 24.4 Å². The molecule has 2 N–H and O–H groups in total. The van der Waals surface area contributed by atoms with Crippen LogP contribution in [-0.4, -0.2) is 70.6 Å². The summed E-state index contributed by atoms with van der Waals surface area (Å²) >= 11 is 0. The van der Waals surface area contributed by atoms with E-state index in [2.05, 4.69) is 95.4 Å². The number of hydrogen-bond donors (Lipinski definition) is 2. The summed E-state index contributed by atoms with van der Waals surface area (Å²) in [5, 5.41) is 19.0. The SMILES string of the molecule is CCCCCCC(O)C/C=C\CCCCCCCC(=O)OC(C/C=C\CCCCCCCC(=O)OC(C/C=C\CCCCCCCC(=O)OC(C/C=C\CCCCCCCC(=O)OC(C/C=C\CCCCCCCC(=O)O)CCCCCC)CCCCCC)CCCCCC)CCCCCC. The summed E-state index contributed by atoms with van der Waals surface area (Å²) in [4.78, 5) is 62.4. The van der Waals surface area contributed by atoms with E-state index in [0.29, 0.717) is 25.7 Å². The van der Waals surface area contributed by atoms with Crippen LogP contribution in [0.25, 0.3) is 0 Å². The van der Waals surface area contributed by atoms with E-state index in [1.807, 2.05) is 0 Å². The lowest BCUT2D eigenvalue weighted by molar-refractivity contribution is -0.150. The van der Waals surface area contributed by atoms with Crippen LogP contribution in [0.3, 0.4) is 0 Å². The number of carboxylic acids is 1. The molecule has 0 aromatic heterocycles. The van der Waals surface area contributed by atoms with Gasteiger partial charge in [0.25, 0.3) is 0 Å². The first-order chi connectivity index (χ1) is 49.5. The van der Waals surface area contributed by atoms with Crippen LogP contribution in [0.1, 0.15) is 452 Å². The molecule has 588 valence electrons. The van der Waals surface area contributed by atoms with Crippen LogP contribution < -0.4 is 0 Å². The first kappa shape index (κ1) is 97.0. The molecule has 0 radical (unpaired) electrons.